The van der Waals surface area contributed by atoms with Crippen molar-refractivity contribution in [2.24, 2.45) is 0 Å². The largest absolute Gasteiger partial charge is 0.259 e. The molecule has 0 amide bonds. The Morgan fingerprint density at radius 1 is 1.70 bits per heavy atom. The van der Waals surface area contributed by atoms with Crippen LogP contribution in [0.3, 0.4) is 0 Å². The number of hydrogen-bond donors (Lipinski definition) is 0. The maximum Gasteiger partial charge on any atom is 0.0600 e. The molecule has 0 saturated heterocycles. The average molecular weight is 220 g/mol. The first-order chi connectivity index (χ1) is 4.74. The zero-order chi connectivity index (χ0) is 7.56. The highest BCUT2D eigenvalue weighted by atomic mass is 79.9. The van der Waals surface area contributed by atoms with Gasteiger partial charge in [0.15, 0.2) is 0 Å². The van der Waals surface area contributed by atoms with Crippen LogP contribution in [0, 0.1) is 0 Å². The summed E-state index contributed by atoms with van der Waals surface area (Å²) >= 11 is 9.04. The molecular weight excluding hydrogens is 213 g/mol. The fraction of sp³-hybridized carbons (Fsp3) is 0.286. The molecule has 0 bridgehead atoms. The quantitative estimate of drug-likeness (QED) is 0.709. The Labute approximate surface area is 73.6 Å². The van der Waals surface area contributed by atoms with E-state index in [4.69, 9.17) is 11.6 Å². The molecule has 0 fully saturated rings. The first-order valence-electron chi connectivity index (χ1n) is 3.04. The first-order valence-corrected chi connectivity index (χ1v) is 4.21. The number of aromatic nitrogens is 1. The summed E-state index contributed by atoms with van der Waals surface area (Å²) in [7, 11) is 0. The predicted octanol–water partition coefficient (Wildman–Crippen LogP) is 3.06. The predicted molar refractivity (Wildman–Crippen MR) is 46.3 cm³/mol. The fourth-order valence-corrected chi connectivity index (χ4v) is 1.62. The molecule has 0 aromatic carbocycles. The lowest BCUT2D eigenvalue weighted by Gasteiger charge is -1.98. The van der Waals surface area contributed by atoms with E-state index in [1.165, 1.54) is 0 Å². The van der Waals surface area contributed by atoms with E-state index in [-0.39, 0.29) is 0 Å². The van der Waals surface area contributed by atoms with Crippen molar-refractivity contribution in [3.8, 4) is 0 Å². The monoisotopic (exact) mass is 219 g/mol. The van der Waals surface area contributed by atoms with Gasteiger partial charge in [-0.25, -0.2) is 0 Å². The molecule has 1 aromatic rings. The smallest absolute Gasteiger partial charge is 0.0600 e. The van der Waals surface area contributed by atoms with Gasteiger partial charge in [0.1, 0.15) is 0 Å². The van der Waals surface area contributed by atoms with Crippen LogP contribution in [0.25, 0.3) is 0 Å². The standard InChI is InChI=1S/C7H7BrClN/c1-2-7-6(8)3-5(9)4-10-7/h3-4H,2H2,1H3. The highest BCUT2D eigenvalue weighted by Crippen LogP contribution is 2.18. The number of nitrogens with zero attached hydrogens (tertiary/aromatic N) is 1. The van der Waals surface area contributed by atoms with Crippen LogP contribution in [0.2, 0.25) is 5.02 Å². The van der Waals surface area contributed by atoms with E-state index in [2.05, 4.69) is 27.8 Å². The van der Waals surface area contributed by atoms with E-state index in [1.54, 1.807) is 6.20 Å². The van der Waals surface area contributed by atoms with Crippen LogP contribution in [0.5, 0.6) is 0 Å². The Morgan fingerprint density at radius 3 is 2.90 bits per heavy atom. The maximum absolute atomic E-state index is 5.68. The average Bonchev–Trinajstić information content (AvgIpc) is 1.88. The van der Waals surface area contributed by atoms with Crippen molar-refractivity contribution >= 4 is 27.5 Å². The second-order valence-electron chi connectivity index (χ2n) is 1.94. The molecule has 1 nitrogen and oxygen atoms in total. The molecule has 0 aliphatic heterocycles. The minimum atomic E-state index is 0.670. The highest BCUT2D eigenvalue weighted by Gasteiger charge is 1.97. The summed E-state index contributed by atoms with van der Waals surface area (Å²) in [5, 5.41) is 0.670. The van der Waals surface area contributed by atoms with Gasteiger partial charge in [0.05, 0.1) is 10.7 Å². The zero-order valence-corrected chi connectivity index (χ0v) is 7.91. The lowest BCUT2D eigenvalue weighted by molar-refractivity contribution is 1.02. The number of pyridine rings is 1. The Bertz CT molecular complexity index is 237. The molecule has 0 saturated carbocycles. The molecule has 1 aromatic heterocycles. The van der Waals surface area contributed by atoms with Gasteiger partial charge in [0.25, 0.3) is 0 Å². The van der Waals surface area contributed by atoms with Crippen molar-refractivity contribution in [1.29, 1.82) is 0 Å². The summed E-state index contributed by atoms with van der Waals surface area (Å²) in [6, 6.07) is 1.85. The first kappa shape index (κ1) is 8.02. The van der Waals surface area contributed by atoms with Gasteiger partial charge < -0.3 is 0 Å². The normalized spacial score (nSPS) is 9.90. The van der Waals surface area contributed by atoms with Gasteiger partial charge in [-0.1, -0.05) is 18.5 Å². The molecule has 10 heavy (non-hydrogen) atoms. The van der Waals surface area contributed by atoms with Crippen molar-refractivity contribution < 1.29 is 0 Å². The van der Waals surface area contributed by atoms with E-state index < -0.39 is 0 Å². The van der Waals surface area contributed by atoms with Crippen molar-refractivity contribution in [3.05, 3.63) is 27.5 Å². The molecule has 0 spiro atoms. The molecule has 1 heterocycles. The number of halogens is 2. The fourth-order valence-electron chi connectivity index (χ4n) is 0.703. The van der Waals surface area contributed by atoms with Crippen molar-refractivity contribution in [2.75, 3.05) is 0 Å². The van der Waals surface area contributed by atoms with Crippen molar-refractivity contribution in [1.82, 2.24) is 4.98 Å². The summed E-state index contributed by atoms with van der Waals surface area (Å²) in [4.78, 5) is 4.12. The van der Waals surface area contributed by atoms with Gasteiger partial charge in [-0.15, -0.1) is 0 Å². The second-order valence-corrected chi connectivity index (χ2v) is 3.23. The Kier molecular flexibility index (Phi) is 2.69. The molecule has 0 aliphatic carbocycles. The summed E-state index contributed by atoms with van der Waals surface area (Å²) in [6.07, 6.45) is 2.59. The molecular formula is C7H7BrClN. The van der Waals surface area contributed by atoms with Crippen LogP contribution < -0.4 is 0 Å². The van der Waals surface area contributed by atoms with Crippen molar-refractivity contribution in [2.45, 2.75) is 13.3 Å². The van der Waals surface area contributed by atoms with E-state index in [0.29, 0.717) is 5.02 Å². The lowest BCUT2D eigenvalue weighted by Crippen LogP contribution is -1.86. The third-order valence-electron chi connectivity index (χ3n) is 1.22. The molecule has 1 rings (SSSR count). The summed E-state index contributed by atoms with van der Waals surface area (Å²) in [5.74, 6) is 0. The van der Waals surface area contributed by atoms with Crippen LogP contribution >= 0.6 is 27.5 Å². The minimum Gasteiger partial charge on any atom is -0.259 e. The van der Waals surface area contributed by atoms with Crippen LogP contribution in [0.1, 0.15) is 12.6 Å². The number of hydrogen-bond acceptors (Lipinski definition) is 1. The Morgan fingerprint density at radius 2 is 2.40 bits per heavy atom. The van der Waals surface area contributed by atoms with E-state index >= 15 is 0 Å². The minimum absolute atomic E-state index is 0.670. The summed E-state index contributed by atoms with van der Waals surface area (Å²) in [6.45, 7) is 2.06. The SMILES string of the molecule is CCc1ncc(Cl)cc1Br. The zero-order valence-electron chi connectivity index (χ0n) is 5.56. The molecule has 0 unspecified atom stereocenters. The van der Waals surface area contributed by atoms with Gasteiger partial charge >= 0.3 is 0 Å². The Balaban J connectivity index is 3.07. The van der Waals surface area contributed by atoms with Crippen LogP contribution in [0.15, 0.2) is 16.7 Å². The lowest BCUT2D eigenvalue weighted by atomic mass is 10.3. The van der Waals surface area contributed by atoms with Crippen LogP contribution in [-0.4, -0.2) is 4.98 Å². The molecule has 0 aliphatic rings. The van der Waals surface area contributed by atoms with Gasteiger partial charge in [-0.2, -0.15) is 0 Å². The van der Waals surface area contributed by atoms with Gasteiger partial charge in [0.2, 0.25) is 0 Å². The van der Waals surface area contributed by atoms with Crippen LogP contribution in [-0.2, 0) is 6.42 Å². The molecule has 54 valence electrons. The molecule has 0 N–H and O–H groups in total. The topological polar surface area (TPSA) is 12.9 Å². The van der Waals surface area contributed by atoms with Crippen LogP contribution in [0.4, 0.5) is 0 Å². The molecule has 0 radical (unpaired) electrons. The number of aryl methyl sites for hydroxylation is 1. The van der Waals surface area contributed by atoms with E-state index in [9.17, 15) is 0 Å². The third-order valence-corrected chi connectivity index (χ3v) is 2.11. The Hall–Kier alpha value is -0.0800. The van der Waals surface area contributed by atoms with Gasteiger partial charge in [-0.3, -0.25) is 4.98 Å². The van der Waals surface area contributed by atoms with E-state index in [1.807, 2.05) is 6.07 Å². The van der Waals surface area contributed by atoms with Crippen molar-refractivity contribution in [3.63, 3.8) is 0 Å². The second kappa shape index (κ2) is 3.35. The number of rotatable bonds is 1. The molecule has 0 atom stereocenters. The summed E-state index contributed by atoms with van der Waals surface area (Å²) < 4.78 is 0.988. The third kappa shape index (κ3) is 1.70. The van der Waals surface area contributed by atoms with Gasteiger partial charge in [-0.05, 0) is 28.4 Å². The maximum atomic E-state index is 5.68. The highest BCUT2D eigenvalue weighted by molar-refractivity contribution is 9.10. The van der Waals surface area contributed by atoms with E-state index in [0.717, 1.165) is 16.6 Å². The van der Waals surface area contributed by atoms with Gasteiger partial charge in [0, 0.05) is 10.7 Å². The summed E-state index contributed by atoms with van der Waals surface area (Å²) in [5.41, 5.74) is 1.05. The molecule has 3 heteroatoms.